The largest absolute Gasteiger partial charge is 0.466 e. The number of amides is 1. The van der Waals surface area contributed by atoms with Gasteiger partial charge in [0.15, 0.2) is 0 Å². The Morgan fingerprint density at radius 3 is 2.55 bits per heavy atom. The Morgan fingerprint density at radius 1 is 1.30 bits per heavy atom. The van der Waals surface area contributed by atoms with E-state index >= 15 is 0 Å². The molecule has 1 heterocycles. The van der Waals surface area contributed by atoms with Crippen LogP contribution in [0.4, 0.5) is 5.69 Å². The van der Waals surface area contributed by atoms with Gasteiger partial charge in [0.2, 0.25) is 0 Å². The van der Waals surface area contributed by atoms with Gasteiger partial charge < -0.3 is 15.5 Å². The van der Waals surface area contributed by atoms with Crippen LogP contribution < -0.4 is 11.1 Å². The van der Waals surface area contributed by atoms with Crippen molar-refractivity contribution < 1.29 is 9.21 Å². The van der Waals surface area contributed by atoms with E-state index in [-0.39, 0.29) is 11.9 Å². The van der Waals surface area contributed by atoms with Gasteiger partial charge in [-0.25, -0.2) is 0 Å². The number of carbonyl (C=O) groups is 1. The van der Waals surface area contributed by atoms with Gasteiger partial charge in [0.05, 0.1) is 11.6 Å². The van der Waals surface area contributed by atoms with E-state index in [1.807, 2.05) is 45.9 Å². The van der Waals surface area contributed by atoms with Crippen molar-refractivity contribution in [3.8, 4) is 0 Å². The van der Waals surface area contributed by atoms with Crippen molar-refractivity contribution in [3.05, 3.63) is 52.5 Å². The van der Waals surface area contributed by atoms with Gasteiger partial charge in [0.1, 0.15) is 11.5 Å². The Hall–Kier alpha value is -2.23. The second-order valence-electron chi connectivity index (χ2n) is 5.10. The van der Waals surface area contributed by atoms with Gasteiger partial charge in [0.25, 0.3) is 5.91 Å². The van der Waals surface area contributed by atoms with E-state index in [1.54, 1.807) is 6.07 Å². The number of furan rings is 1. The highest BCUT2D eigenvalue weighted by Crippen LogP contribution is 2.23. The number of carbonyl (C=O) groups excluding carboxylic acids is 1. The molecular weight excluding hydrogens is 252 g/mol. The number of hydrogen-bond acceptors (Lipinski definition) is 3. The third-order valence-electron chi connectivity index (χ3n) is 3.43. The molecule has 1 atom stereocenters. The molecule has 0 radical (unpaired) electrons. The highest BCUT2D eigenvalue weighted by Gasteiger charge is 2.18. The van der Waals surface area contributed by atoms with Crippen molar-refractivity contribution in [2.24, 2.45) is 0 Å². The fourth-order valence-corrected chi connectivity index (χ4v) is 2.43. The second-order valence-corrected chi connectivity index (χ2v) is 5.10. The Bertz CT molecular complexity index is 624. The van der Waals surface area contributed by atoms with Crippen LogP contribution >= 0.6 is 0 Å². The lowest BCUT2D eigenvalue weighted by molar-refractivity contribution is 0.0940. The van der Waals surface area contributed by atoms with E-state index in [2.05, 4.69) is 5.32 Å². The second kappa shape index (κ2) is 5.41. The summed E-state index contributed by atoms with van der Waals surface area (Å²) in [5.41, 5.74) is 8.78. The first-order valence-corrected chi connectivity index (χ1v) is 6.63. The first-order valence-electron chi connectivity index (χ1n) is 6.63. The Balaban J connectivity index is 2.22. The molecule has 1 aromatic heterocycles. The number of nitrogen functional groups attached to an aromatic ring is 1. The zero-order valence-corrected chi connectivity index (χ0v) is 12.3. The number of rotatable bonds is 3. The highest BCUT2D eigenvalue weighted by molar-refractivity contribution is 6.00. The lowest BCUT2D eigenvalue weighted by Gasteiger charge is -2.15. The summed E-state index contributed by atoms with van der Waals surface area (Å²) in [5, 5.41) is 2.97. The minimum Gasteiger partial charge on any atom is -0.466 e. The lowest BCUT2D eigenvalue weighted by atomic mass is 10.0. The highest BCUT2D eigenvalue weighted by atomic mass is 16.3. The number of hydrogen-bond donors (Lipinski definition) is 2. The standard InChI is InChI=1S/C16H20N2O2/c1-9-6-5-7-14(17)15(9)16(19)18-11(3)13-8-10(2)20-12(13)4/h5-8,11H,17H2,1-4H3,(H,18,19). The Labute approximate surface area is 119 Å². The molecule has 0 aliphatic rings. The number of nitrogens with two attached hydrogens (primary N) is 1. The fourth-order valence-electron chi connectivity index (χ4n) is 2.43. The number of aryl methyl sites for hydroxylation is 3. The minimum atomic E-state index is -0.161. The van der Waals surface area contributed by atoms with Crippen LogP contribution in [0.2, 0.25) is 0 Å². The number of benzene rings is 1. The molecular formula is C16H20N2O2. The zero-order chi connectivity index (χ0) is 14.9. The number of nitrogens with one attached hydrogen (secondary N) is 1. The molecule has 20 heavy (non-hydrogen) atoms. The van der Waals surface area contributed by atoms with Crippen molar-refractivity contribution in [3.63, 3.8) is 0 Å². The molecule has 3 N–H and O–H groups in total. The molecule has 0 aliphatic heterocycles. The van der Waals surface area contributed by atoms with Crippen molar-refractivity contribution in [2.75, 3.05) is 5.73 Å². The fraction of sp³-hybridized carbons (Fsp3) is 0.312. The molecule has 2 aromatic rings. The van der Waals surface area contributed by atoms with E-state index in [1.165, 1.54) is 0 Å². The molecule has 1 amide bonds. The van der Waals surface area contributed by atoms with E-state index in [0.717, 1.165) is 22.6 Å². The molecule has 106 valence electrons. The Morgan fingerprint density at radius 2 is 2.00 bits per heavy atom. The normalized spacial score (nSPS) is 12.2. The van der Waals surface area contributed by atoms with Crippen LogP contribution in [0.3, 0.4) is 0 Å². The average Bonchev–Trinajstić information content (AvgIpc) is 2.68. The van der Waals surface area contributed by atoms with Gasteiger partial charge in [-0.1, -0.05) is 12.1 Å². The molecule has 4 nitrogen and oxygen atoms in total. The predicted octanol–water partition coefficient (Wildman–Crippen LogP) is 3.28. The van der Waals surface area contributed by atoms with Crippen LogP contribution in [0.5, 0.6) is 0 Å². The van der Waals surface area contributed by atoms with Crippen molar-refractivity contribution in [2.45, 2.75) is 33.7 Å². The molecule has 0 spiro atoms. The van der Waals surface area contributed by atoms with Crippen LogP contribution in [-0.4, -0.2) is 5.91 Å². The third-order valence-corrected chi connectivity index (χ3v) is 3.43. The van der Waals surface area contributed by atoms with Crippen LogP contribution in [0, 0.1) is 20.8 Å². The summed E-state index contributed by atoms with van der Waals surface area (Å²) in [6, 6.07) is 7.28. The smallest absolute Gasteiger partial charge is 0.254 e. The summed E-state index contributed by atoms with van der Waals surface area (Å²) in [6.45, 7) is 7.60. The summed E-state index contributed by atoms with van der Waals surface area (Å²) in [4.78, 5) is 12.4. The van der Waals surface area contributed by atoms with Crippen LogP contribution in [0.1, 0.15) is 46.0 Å². The summed E-state index contributed by atoms with van der Waals surface area (Å²) in [6.07, 6.45) is 0. The first-order chi connectivity index (χ1) is 9.40. The maximum atomic E-state index is 12.4. The van der Waals surface area contributed by atoms with Crippen molar-refractivity contribution in [1.82, 2.24) is 5.32 Å². The molecule has 1 unspecified atom stereocenters. The summed E-state index contributed by atoms with van der Waals surface area (Å²) < 4.78 is 5.49. The van der Waals surface area contributed by atoms with Gasteiger partial charge >= 0.3 is 0 Å². The molecule has 0 saturated heterocycles. The Kier molecular flexibility index (Phi) is 3.84. The van der Waals surface area contributed by atoms with Crippen LogP contribution in [0.15, 0.2) is 28.7 Å². The SMILES string of the molecule is Cc1cc(C(C)NC(=O)c2c(C)cccc2N)c(C)o1. The maximum absolute atomic E-state index is 12.4. The third kappa shape index (κ3) is 2.69. The quantitative estimate of drug-likeness (QED) is 0.842. The molecule has 1 aromatic carbocycles. The summed E-state index contributed by atoms with van der Waals surface area (Å²) >= 11 is 0. The minimum absolute atomic E-state index is 0.126. The van der Waals surface area contributed by atoms with E-state index in [4.69, 9.17) is 10.2 Å². The van der Waals surface area contributed by atoms with E-state index in [9.17, 15) is 4.79 Å². The summed E-state index contributed by atoms with van der Waals surface area (Å²) in [7, 11) is 0. The predicted molar refractivity (Wildman–Crippen MR) is 79.7 cm³/mol. The monoisotopic (exact) mass is 272 g/mol. The van der Waals surface area contributed by atoms with Crippen molar-refractivity contribution in [1.29, 1.82) is 0 Å². The van der Waals surface area contributed by atoms with Crippen molar-refractivity contribution >= 4 is 11.6 Å². The molecule has 0 aliphatic carbocycles. The zero-order valence-electron chi connectivity index (χ0n) is 12.3. The van der Waals surface area contributed by atoms with Gasteiger partial charge in [-0.05, 0) is 45.4 Å². The van der Waals surface area contributed by atoms with Crippen LogP contribution in [0.25, 0.3) is 0 Å². The van der Waals surface area contributed by atoms with Gasteiger partial charge in [-0.3, -0.25) is 4.79 Å². The molecule has 2 rings (SSSR count). The van der Waals surface area contributed by atoms with Crippen LogP contribution in [-0.2, 0) is 0 Å². The van der Waals surface area contributed by atoms with Gasteiger partial charge in [0, 0.05) is 11.3 Å². The van der Waals surface area contributed by atoms with E-state index in [0.29, 0.717) is 11.3 Å². The molecule has 0 bridgehead atoms. The molecule has 4 heteroatoms. The average molecular weight is 272 g/mol. The molecule has 0 fully saturated rings. The first kappa shape index (κ1) is 14.2. The summed E-state index contributed by atoms with van der Waals surface area (Å²) in [5.74, 6) is 1.51. The van der Waals surface area contributed by atoms with Gasteiger partial charge in [-0.2, -0.15) is 0 Å². The molecule has 0 saturated carbocycles. The lowest BCUT2D eigenvalue weighted by Crippen LogP contribution is -2.28. The van der Waals surface area contributed by atoms with E-state index < -0.39 is 0 Å². The number of anilines is 1. The maximum Gasteiger partial charge on any atom is 0.254 e. The van der Waals surface area contributed by atoms with Gasteiger partial charge in [-0.15, -0.1) is 0 Å². The topological polar surface area (TPSA) is 68.3 Å².